The van der Waals surface area contributed by atoms with Gasteiger partial charge in [0.05, 0.1) is 0 Å². The molecule has 0 saturated carbocycles. The highest BCUT2D eigenvalue weighted by Crippen LogP contribution is 2.31. The van der Waals surface area contributed by atoms with Crippen LogP contribution in [0.3, 0.4) is 0 Å². The molecule has 0 bridgehead atoms. The molecule has 0 atom stereocenters. The Balaban J connectivity index is 2.19. The van der Waals surface area contributed by atoms with Gasteiger partial charge in [-0.1, -0.05) is 47.6 Å². The average molecular weight is 338 g/mol. The first-order chi connectivity index (χ1) is 9.15. The Morgan fingerprint density at radius 1 is 1.32 bits per heavy atom. The van der Waals surface area contributed by atoms with E-state index >= 15 is 0 Å². The van der Waals surface area contributed by atoms with Gasteiger partial charge in [-0.15, -0.1) is 0 Å². The molecule has 5 heteroatoms. The summed E-state index contributed by atoms with van der Waals surface area (Å²) in [7, 11) is 0. The number of aromatic nitrogens is 2. The van der Waals surface area contributed by atoms with E-state index in [4.69, 9.17) is 0 Å². The highest BCUT2D eigenvalue weighted by Gasteiger charge is 2.07. The first-order valence-electron chi connectivity index (χ1n) is 6.11. The van der Waals surface area contributed by atoms with Crippen LogP contribution in [-0.2, 0) is 6.54 Å². The topological polar surface area (TPSA) is 37.8 Å². The van der Waals surface area contributed by atoms with Gasteiger partial charge in [0.1, 0.15) is 11.4 Å². The molecule has 0 unspecified atom stereocenters. The second kappa shape index (κ2) is 7.03. The van der Waals surface area contributed by atoms with Gasteiger partial charge in [-0.2, -0.15) is 0 Å². The number of hydrogen-bond donors (Lipinski definition) is 1. The number of hydrogen-bond acceptors (Lipinski definition) is 4. The minimum Gasteiger partial charge on any atom is -0.310 e. The zero-order valence-electron chi connectivity index (χ0n) is 10.9. The molecular weight excluding hydrogens is 322 g/mol. The lowest BCUT2D eigenvalue weighted by Crippen LogP contribution is -2.22. The Morgan fingerprint density at radius 3 is 2.84 bits per heavy atom. The maximum atomic E-state index is 4.26. The molecule has 1 aromatic heterocycles. The quantitative estimate of drug-likeness (QED) is 0.840. The van der Waals surface area contributed by atoms with Crippen LogP contribution in [0.5, 0.6) is 0 Å². The van der Waals surface area contributed by atoms with Crippen LogP contribution in [-0.4, -0.2) is 16.0 Å². The molecule has 0 aliphatic carbocycles. The molecule has 1 N–H and O–H groups in total. The first-order valence-corrected chi connectivity index (χ1v) is 7.72. The van der Waals surface area contributed by atoms with Gasteiger partial charge in [-0.25, -0.2) is 9.97 Å². The standard InChI is InChI=1S/C14H16BrN3S/c1-10(2)17-8-11-3-4-12(15)7-13(11)19-14-5-6-16-9-18-14/h3-7,9-10,17H,8H2,1-2H3. The van der Waals surface area contributed by atoms with Crippen LogP contribution >= 0.6 is 27.7 Å². The third kappa shape index (κ3) is 4.60. The fourth-order valence-electron chi connectivity index (χ4n) is 1.54. The van der Waals surface area contributed by atoms with Crippen LogP contribution in [0.25, 0.3) is 0 Å². The molecule has 0 amide bonds. The monoisotopic (exact) mass is 337 g/mol. The van der Waals surface area contributed by atoms with Crippen LogP contribution in [0.1, 0.15) is 19.4 Å². The molecule has 3 nitrogen and oxygen atoms in total. The van der Waals surface area contributed by atoms with Gasteiger partial charge in [-0.05, 0) is 23.8 Å². The SMILES string of the molecule is CC(C)NCc1ccc(Br)cc1Sc1ccncn1. The summed E-state index contributed by atoms with van der Waals surface area (Å²) in [5.74, 6) is 0. The van der Waals surface area contributed by atoms with Crippen molar-refractivity contribution in [1.29, 1.82) is 0 Å². The Kier molecular flexibility index (Phi) is 5.36. The largest absolute Gasteiger partial charge is 0.310 e. The van der Waals surface area contributed by atoms with Gasteiger partial charge < -0.3 is 5.32 Å². The molecule has 2 aromatic rings. The van der Waals surface area contributed by atoms with E-state index in [1.54, 1.807) is 24.3 Å². The van der Waals surface area contributed by atoms with E-state index < -0.39 is 0 Å². The van der Waals surface area contributed by atoms with Crippen LogP contribution in [0.4, 0.5) is 0 Å². The molecule has 1 aromatic carbocycles. The van der Waals surface area contributed by atoms with Crippen molar-refractivity contribution < 1.29 is 0 Å². The van der Waals surface area contributed by atoms with Gasteiger partial charge in [0.25, 0.3) is 0 Å². The van der Waals surface area contributed by atoms with Crippen molar-refractivity contribution in [3.05, 3.63) is 46.8 Å². The molecule has 0 aliphatic heterocycles. The molecule has 0 spiro atoms. The van der Waals surface area contributed by atoms with E-state index in [9.17, 15) is 0 Å². The Morgan fingerprint density at radius 2 is 2.16 bits per heavy atom. The lowest BCUT2D eigenvalue weighted by atomic mass is 10.2. The fraction of sp³-hybridized carbons (Fsp3) is 0.286. The third-order valence-corrected chi connectivity index (χ3v) is 4.04. The maximum absolute atomic E-state index is 4.26. The summed E-state index contributed by atoms with van der Waals surface area (Å²) in [6, 6.07) is 8.74. The van der Waals surface area contributed by atoms with Crippen molar-refractivity contribution >= 4 is 27.7 Å². The smallest absolute Gasteiger partial charge is 0.116 e. The zero-order valence-corrected chi connectivity index (χ0v) is 13.3. The van der Waals surface area contributed by atoms with Crippen molar-refractivity contribution in [1.82, 2.24) is 15.3 Å². The molecular formula is C14H16BrN3S. The maximum Gasteiger partial charge on any atom is 0.116 e. The highest BCUT2D eigenvalue weighted by molar-refractivity contribution is 9.10. The van der Waals surface area contributed by atoms with Crippen LogP contribution < -0.4 is 5.32 Å². The van der Waals surface area contributed by atoms with E-state index in [1.165, 1.54) is 10.5 Å². The lowest BCUT2D eigenvalue weighted by Gasteiger charge is -2.12. The molecule has 0 radical (unpaired) electrons. The Labute approximate surface area is 126 Å². The van der Waals surface area contributed by atoms with E-state index in [1.807, 2.05) is 6.07 Å². The second-order valence-corrected chi connectivity index (χ2v) is 6.42. The normalized spacial score (nSPS) is 10.9. The number of nitrogens with one attached hydrogen (secondary N) is 1. The van der Waals surface area contributed by atoms with Crippen molar-refractivity contribution in [2.45, 2.75) is 36.4 Å². The third-order valence-electron chi connectivity index (χ3n) is 2.50. The van der Waals surface area contributed by atoms with E-state index in [-0.39, 0.29) is 0 Å². The van der Waals surface area contributed by atoms with Gasteiger partial charge in [0, 0.05) is 28.2 Å². The van der Waals surface area contributed by atoms with Gasteiger partial charge in [0.15, 0.2) is 0 Å². The molecule has 1 heterocycles. The van der Waals surface area contributed by atoms with Crippen molar-refractivity contribution in [3.63, 3.8) is 0 Å². The van der Waals surface area contributed by atoms with Crippen molar-refractivity contribution in [2.75, 3.05) is 0 Å². The minimum absolute atomic E-state index is 0.473. The number of rotatable bonds is 5. The summed E-state index contributed by atoms with van der Waals surface area (Å²) in [6.45, 7) is 5.16. The Hall–Kier alpha value is -0.910. The van der Waals surface area contributed by atoms with Crippen LogP contribution in [0.2, 0.25) is 0 Å². The summed E-state index contributed by atoms with van der Waals surface area (Å²) in [4.78, 5) is 9.41. The summed E-state index contributed by atoms with van der Waals surface area (Å²) < 4.78 is 1.08. The van der Waals surface area contributed by atoms with Crippen molar-refractivity contribution in [3.8, 4) is 0 Å². The minimum atomic E-state index is 0.473. The first kappa shape index (κ1) is 14.5. The summed E-state index contributed by atoms with van der Waals surface area (Å²) in [5, 5.41) is 4.40. The van der Waals surface area contributed by atoms with Gasteiger partial charge >= 0.3 is 0 Å². The summed E-state index contributed by atoms with van der Waals surface area (Å²) in [5.41, 5.74) is 1.28. The lowest BCUT2D eigenvalue weighted by molar-refractivity contribution is 0.584. The number of halogens is 1. The molecule has 0 fully saturated rings. The van der Waals surface area contributed by atoms with E-state index in [0.29, 0.717) is 6.04 Å². The molecule has 2 rings (SSSR count). The number of nitrogens with zero attached hydrogens (tertiary/aromatic N) is 2. The fourth-order valence-corrected chi connectivity index (χ4v) is 2.96. The van der Waals surface area contributed by atoms with Gasteiger partial charge in [0.2, 0.25) is 0 Å². The predicted octanol–water partition coefficient (Wildman–Crippen LogP) is 3.89. The zero-order chi connectivity index (χ0) is 13.7. The molecule has 19 heavy (non-hydrogen) atoms. The highest BCUT2D eigenvalue weighted by atomic mass is 79.9. The number of benzene rings is 1. The molecule has 0 saturated heterocycles. The van der Waals surface area contributed by atoms with Gasteiger partial charge in [-0.3, -0.25) is 0 Å². The Bertz CT molecular complexity index is 531. The van der Waals surface area contributed by atoms with E-state index in [2.05, 4.69) is 63.3 Å². The summed E-state index contributed by atoms with van der Waals surface area (Å²) in [6.07, 6.45) is 3.34. The van der Waals surface area contributed by atoms with Crippen LogP contribution in [0, 0.1) is 0 Å². The van der Waals surface area contributed by atoms with Crippen LogP contribution in [0.15, 0.2) is 51.2 Å². The average Bonchev–Trinajstić information content (AvgIpc) is 2.39. The second-order valence-electron chi connectivity index (χ2n) is 4.44. The van der Waals surface area contributed by atoms with Crippen molar-refractivity contribution in [2.24, 2.45) is 0 Å². The molecule has 100 valence electrons. The summed E-state index contributed by atoms with van der Waals surface area (Å²) >= 11 is 5.18. The molecule has 0 aliphatic rings. The predicted molar refractivity (Wildman–Crippen MR) is 82.3 cm³/mol. The van der Waals surface area contributed by atoms with E-state index in [0.717, 1.165) is 16.0 Å².